The molecule has 0 aliphatic carbocycles. The molecule has 3 N–H and O–H groups in total. The first kappa shape index (κ1) is 20.2. The van der Waals surface area contributed by atoms with E-state index in [-0.39, 0.29) is 29.7 Å². The summed E-state index contributed by atoms with van der Waals surface area (Å²) in [5, 5.41) is 16.1. The molecule has 2 aromatic rings. The third-order valence-corrected chi connectivity index (χ3v) is 3.82. The first-order valence-electron chi connectivity index (χ1n) is 8.43. The summed E-state index contributed by atoms with van der Waals surface area (Å²) >= 11 is 0. The van der Waals surface area contributed by atoms with E-state index in [4.69, 9.17) is 9.47 Å². The van der Waals surface area contributed by atoms with Gasteiger partial charge < -0.3 is 25.2 Å². The fourth-order valence-corrected chi connectivity index (χ4v) is 2.59. The van der Waals surface area contributed by atoms with Gasteiger partial charge in [0.2, 0.25) is 6.79 Å². The van der Waals surface area contributed by atoms with E-state index in [0.717, 1.165) is 42.5 Å². The average Bonchev–Trinajstić information content (AvgIpc) is 3.07. The van der Waals surface area contributed by atoms with Gasteiger partial charge >= 0.3 is 0 Å². The molecule has 7 heteroatoms. The highest BCUT2D eigenvalue weighted by Gasteiger charge is 2.12. The summed E-state index contributed by atoms with van der Waals surface area (Å²) in [4.78, 5) is 4.55. The third-order valence-electron chi connectivity index (χ3n) is 3.82. The third kappa shape index (κ3) is 5.69. The van der Waals surface area contributed by atoms with E-state index < -0.39 is 0 Å². The number of guanidine groups is 1. The van der Waals surface area contributed by atoms with Gasteiger partial charge in [-0.25, -0.2) is 4.99 Å². The number of hydrogen-bond acceptors (Lipinski definition) is 4. The van der Waals surface area contributed by atoms with Crippen LogP contribution >= 0.6 is 24.0 Å². The molecule has 0 amide bonds. The molecule has 6 nitrogen and oxygen atoms in total. The highest BCUT2D eigenvalue weighted by molar-refractivity contribution is 14.0. The van der Waals surface area contributed by atoms with Crippen molar-refractivity contribution in [2.75, 3.05) is 19.9 Å². The van der Waals surface area contributed by atoms with Gasteiger partial charge in [-0.05, 0) is 48.7 Å². The first-order chi connectivity index (χ1) is 12.2. The second-order valence-electron chi connectivity index (χ2n) is 5.73. The lowest BCUT2D eigenvalue weighted by Gasteiger charge is -2.11. The largest absolute Gasteiger partial charge is 0.508 e. The summed E-state index contributed by atoms with van der Waals surface area (Å²) in [5.74, 6) is 2.62. The van der Waals surface area contributed by atoms with Crippen LogP contribution in [0.25, 0.3) is 0 Å². The van der Waals surface area contributed by atoms with Crippen LogP contribution in [0.3, 0.4) is 0 Å². The minimum absolute atomic E-state index is 0. The van der Waals surface area contributed by atoms with Crippen molar-refractivity contribution in [3.63, 3.8) is 0 Å². The number of aliphatic imine (C=N–C) groups is 1. The zero-order valence-corrected chi connectivity index (χ0v) is 17.0. The van der Waals surface area contributed by atoms with Crippen molar-refractivity contribution in [1.29, 1.82) is 0 Å². The molecule has 2 aromatic carbocycles. The lowest BCUT2D eigenvalue weighted by Crippen LogP contribution is -2.38. The molecule has 1 aliphatic rings. The number of halogens is 1. The van der Waals surface area contributed by atoms with Crippen LogP contribution in [0.4, 0.5) is 0 Å². The molecule has 26 heavy (non-hydrogen) atoms. The van der Waals surface area contributed by atoms with Crippen LogP contribution in [0.1, 0.15) is 18.1 Å². The lowest BCUT2D eigenvalue weighted by atomic mass is 10.1. The average molecular weight is 469 g/mol. The van der Waals surface area contributed by atoms with Gasteiger partial charge in [-0.15, -0.1) is 24.0 Å². The number of nitrogens with one attached hydrogen (secondary N) is 2. The highest BCUT2D eigenvalue weighted by atomic mass is 127. The van der Waals surface area contributed by atoms with Crippen LogP contribution in [0, 0.1) is 0 Å². The molecule has 0 bridgehead atoms. The molecule has 0 aromatic heterocycles. The predicted octanol–water partition coefficient (Wildman–Crippen LogP) is 3.04. The number of benzene rings is 2. The molecule has 0 atom stereocenters. The van der Waals surface area contributed by atoms with Gasteiger partial charge in [-0.1, -0.05) is 18.2 Å². The van der Waals surface area contributed by atoms with Gasteiger partial charge in [-0.2, -0.15) is 0 Å². The predicted molar refractivity (Wildman–Crippen MR) is 113 cm³/mol. The first-order valence-corrected chi connectivity index (χ1v) is 8.43. The van der Waals surface area contributed by atoms with E-state index >= 15 is 0 Å². The number of fused-ring (bicyclic) bond motifs is 1. The summed E-state index contributed by atoms with van der Waals surface area (Å²) in [6.07, 6.45) is 0.854. The Labute approximate surface area is 170 Å². The van der Waals surface area contributed by atoms with Gasteiger partial charge in [0.25, 0.3) is 0 Å². The number of ether oxygens (including phenoxy) is 2. The molecule has 0 saturated heterocycles. The summed E-state index contributed by atoms with van der Waals surface area (Å²) in [6, 6.07) is 13.1. The van der Waals surface area contributed by atoms with Crippen molar-refractivity contribution in [1.82, 2.24) is 10.6 Å². The molecular weight excluding hydrogens is 445 g/mol. The number of phenols is 1. The van der Waals surface area contributed by atoms with Gasteiger partial charge in [-0.3, -0.25) is 0 Å². The molecule has 3 rings (SSSR count). The van der Waals surface area contributed by atoms with Crippen LogP contribution in [-0.2, 0) is 13.0 Å². The van der Waals surface area contributed by atoms with E-state index in [1.54, 1.807) is 12.1 Å². The molecule has 0 unspecified atom stereocenters. The van der Waals surface area contributed by atoms with Crippen molar-refractivity contribution in [2.45, 2.75) is 19.9 Å². The van der Waals surface area contributed by atoms with Crippen LogP contribution in [-0.4, -0.2) is 30.9 Å². The Hall–Kier alpha value is -2.16. The Morgan fingerprint density at radius 1 is 1.08 bits per heavy atom. The second-order valence-corrected chi connectivity index (χ2v) is 5.73. The zero-order chi connectivity index (χ0) is 17.5. The lowest BCUT2D eigenvalue weighted by molar-refractivity contribution is 0.174. The van der Waals surface area contributed by atoms with E-state index in [9.17, 15) is 5.11 Å². The molecule has 0 saturated carbocycles. The van der Waals surface area contributed by atoms with E-state index in [1.807, 2.05) is 37.3 Å². The molecule has 1 heterocycles. The molecule has 0 spiro atoms. The fourth-order valence-electron chi connectivity index (χ4n) is 2.59. The Morgan fingerprint density at radius 2 is 1.92 bits per heavy atom. The van der Waals surface area contributed by atoms with Crippen LogP contribution in [0.5, 0.6) is 17.2 Å². The zero-order valence-electron chi connectivity index (χ0n) is 14.7. The number of rotatable bonds is 6. The van der Waals surface area contributed by atoms with Gasteiger partial charge in [0.1, 0.15) is 5.75 Å². The smallest absolute Gasteiger partial charge is 0.231 e. The molecule has 0 fully saturated rings. The topological polar surface area (TPSA) is 75.1 Å². The van der Waals surface area contributed by atoms with Crippen LogP contribution < -0.4 is 20.1 Å². The summed E-state index contributed by atoms with van der Waals surface area (Å²) in [5.41, 5.74) is 2.15. The number of hydrogen-bond donors (Lipinski definition) is 3. The summed E-state index contributed by atoms with van der Waals surface area (Å²) < 4.78 is 10.7. The van der Waals surface area contributed by atoms with Gasteiger partial charge in [0, 0.05) is 13.1 Å². The number of aromatic hydroxyl groups is 1. The minimum Gasteiger partial charge on any atom is -0.508 e. The van der Waals surface area contributed by atoms with E-state index in [2.05, 4.69) is 15.6 Å². The molecule has 140 valence electrons. The minimum atomic E-state index is 0. The van der Waals surface area contributed by atoms with Gasteiger partial charge in [0.05, 0.1) is 6.54 Å². The van der Waals surface area contributed by atoms with Crippen molar-refractivity contribution < 1.29 is 14.6 Å². The van der Waals surface area contributed by atoms with Crippen molar-refractivity contribution in [3.8, 4) is 17.2 Å². The van der Waals surface area contributed by atoms with Crippen molar-refractivity contribution in [2.24, 2.45) is 4.99 Å². The molecule has 1 aliphatic heterocycles. The van der Waals surface area contributed by atoms with Crippen LogP contribution in [0.15, 0.2) is 47.5 Å². The van der Waals surface area contributed by atoms with E-state index in [0.29, 0.717) is 13.3 Å². The number of phenolic OH excluding ortho intramolecular Hbond substituents is 1. The Bertz CT molecular complexity index is 753. The van der Waals surface area contributed by atoms with Gasteiger partial charge in [0.15, 0.2) is 17.5 Å². The quantitative estimate of drug-likeness (QED) is 0.345. The molecule has 0 radical (unpaired) electrons. The second kappa shape index (κ2) is 10.1. The number of nitrogens with zero attached hydrogens (tertiary/aromatic N) is 1. The highest BCUT2D eigenvalue weighted by Crippen LogP contribution is 2.32. The monoisotopic (exact) mass is 469 g/mol. The Kier molecular flexibility index (Phi) is 7.83. The van der Waals surface area contributed by atoms with Crippen molar-refractivity contribution >= 4 is 29.9 Å². The summed E-state index contributed by atoms with van der Waals surface area (Å²) in [6.45, 7) is 4.38. The molecular formula is C19H24IN3O3. The SMILES string of the molecule is CCNC(=NCc1cccc(O)c1)NCCc1ccc2c(c1)OCO2.I. The Morgan fingerprint density at radius 3 is 2.73 bits per heavy atom. The van der Waals surface area contributed by atoms with Crippen molar-refractivity contribution in [3.05, 3.63) is 53.6 Å². The van der Waals surface area contributed by atoms with E-state index in [1.165, 1.54) is 5.56 Å². The maximum atomic E-state index is 9.52. The fraction of sp³-hybridized carbons (Fsp3) is 0.316. The maximum absolute atomic E-state index is 9.52. The standard InChI is InChI=1S/C19H23N3O3.HI/c1-2-20-19(22-12-15-4-3-5-16(23)10-15)21-9-8-14-6-7-17-18(11-14)25-13-24-17;/h3-7,10-11,23H,2,8-9,12-13H2,1H3,(H2,20,21,22);1H. The Balaban J connectivity index is 0.00000243. The van der Waals surface area contributed by atoms with Crippen LogP contribution in [0.2, 0.25) is 0 Å². The maximum Gasteiger partial charge on any atom is 0.231 e. The summed E-state index contributed by atoms with van der Waals surface area (Å²) in [7, 11) is 0. The normalized spacial score (nSPS) is 12.4.